The van der Waals surface area contributed by atoms with Gasteiger partial charge in [-0.1, -0.05) is 6.92 Å². The van der Waals surface area contributed by atoms with Gasteiger partial charge in [0, 0.05) is 24.7 Å². The Bertz CT molecular complexity index is 266. The Labute approximate surface area is 91.3 Å². The minimum atomic E-state index is -2.81. The quantitative estimate of drug-likeness (QED) is 0.672. The van der Waals surface area contributed by atoms with E-state index < -0.39 is 9.84 Å². The molecule has 0 radical (unpaired) electrons. The molecule has 1 rings (SSSR count). The highest BCUT2D eigenvalue weighted by molar-refractivity contribution is 7.91. The number of hydrogen-bond acceptors (Lipinski definition) is 3. The van der Waals surface area contributed by atoms with Crippen LogP contribution in [0.2, 0.25) is 0 Å². The third-order valence-electron chi connectivity index (χ3n) is 2.75. The SMILES string of the molecule is CCS(=O)(=O)CCN1CCC(CCl)C1. The fourth-order valence-electron chi connectivity index (χ4n) is 1.65. The number of alkyl halides is 1. The summed E-state index contributed by atoms with van der Waals surface area (Å²) >= 11 is 5.75. The molecule has 0 aromatic carbocycles. The molecule has 0 aromatic heterocycles. The van der Waals surface area contributed by atoms with Crippen LogP contribution in [0.5, 0.6) is 0 Å². The van der Waals surface area contributed by atoms with Crippen molar-refractivity contribution in [1.29, 1.82) is 0 Å². The van der Waals surface area contributed by atoms with Gasteiger partial charge < -0.3 is 4.90 Å². The summed E-state index contributed by atoms with van der Waals surface area (Å²) in [6, 6.07) is 0. The van der Waals surface area contributed by atoms with E-state index >= 15 is 0 Å². The Morgan fingerprint density at radius 1 is 1.50 bits per heavy atom. The van der Waals surface area contributed by atoms with E-state index in [0.29, 0.717) is 24.1 Å². The van der Waals surface area contributed by atoms with Crippen molar-refractivity contribution in [3.63, 3.8) is 0 Å². The summed E-state index contributed by atoms with van der Waals surface area (Å²) in [5.41, 5.74) is 0. The van der Waals surface area contributed by atoms with Gasteiger partial charge in [0.25, 0.3) is 0 Å². The zero-order chi connectivity index (χ0) is 10.6. The lowest BCUT2D eigenvalue weighted by atomic mass is 10.2. The zero-order valence-electron chi connectivity index (χ0n) is 8.58. The number of hydrogen-bond donors (Lipinski definition) is 0. The molecule has 1 fully saturated rings. The molecule has 3 nitrogen and oxygen atoms in total. The first kappa shape index (κ1) is 12.3. The van der Waals surface area contributed by atoms with Gasteiger partial charge in [-0.25, -0.2) is 8.42 Å². The van der Waals surface area contributed by atoms with Crippen LogP contribution in [0.15, 0.2) is 0 Å². The van der Waals surface area contributed by atoms with Crippen molar-refractivity contribution in [3.8, 4) is 0 Å². The van der Waals surface area contributed by atoms with Crippen LogP contribution in [0.1, 0.15) is 13.3 Å². The maximum Gasteiger partial charge on any atom is 0.151 e. The first-order valence-corrected chi connectivity index (χ1v) is 7.41. The average Bonchev–Trinajstić information content (AvgIpc) is 2.63. The molecule has 84 valence electrons. The molecule has 0 saturated carbocycles. The second kappa shape index (κ2) is 5.33. The van der Waals surface area contributed by atoms with Crippen molar-refractivity contribution in [2.45, 2.75) is 13.3 Å². The van der Waals surface area contributed by atoms with Gasteiger partial charge in [-0.2, -0.15) is 0 Å². The van der Waals surface area contributed by atoms with Gasteiger partial charge in [0.2, 0.25) is 0 Å². The molecule has 0 aromatic rings. The molecule has 1 atom stereocenters. The molecule has 0 amide bonds. The Balaban J connectivity index is 2.27. The Morgan fingerprint density at radius 2 is 2.21 bits per heavy atom. The number of sulfone groups is 1. The first-order chi connectivity index (χ1) is 6.57. The predicted octanol–water partition coefficient (Wildman–Crippen LogP) is 0.982. The van der Waals surface area contributed by atoms with Crippen molar-refractivity contribution in [3.05, 3.63) is 0 Å². The van der Waals surface area contributed by atoms with E-state index in [1.165, 1.54) is 0 Å². The lowest BCUT2D eigenvalue weighted by molar-refractivity contribution is 0.347. The standard InChI is InChI=1S/C9H18ClNO2S/c1-2-14(12,13)6-5-11-4-3-9(7-10)8-11/h9H,2-8H2,1H3. The Hall–Kier alpha value is 0.200. The molecule has 1 aliphatic rings. The number of halogens is 1. The fourth-order valence-corrected chi connectivity index (χ4v) is 2.73. The Morgan fingerprint density at radius 3 is 2.71 bits per heavy atom. The molecule has 1 heterocycles. The van der Waals surface area contributed by atoms with E-state index in [4.69, 9.17) is 11.6 Å². The summed E-state index contributed by atoms with van der Waals surface area (Å²) in [5, 5.41) is 0. The van der Waals surface area contributed by atoms with Crippen LogP contribution in [0.4, 0.5) is 0 Å². The van der Waals surface area contributed by atoms with Crippen molar-refractivity contribution in [1.82, 2.24) is 4.90 Å². The smallest absolute Gasteiger partial charge is 0.151 e. The lowest BCUT2D eigenvalue weighted by Gasteiger charge is -2.14. The van der Waals surface area contributed by atoms with Crippen LogP contribution in [0, 0.1) is 5.92 Å². The predicted molar refractivity (Wildman–Crippen MR) is 59.6 cm³/mol. The minimum absolute atomic E-state index is 0.250. The highest BCUT2D eigenvalue weighted by Gasteiger charge is 2.22. The van der Waals surface area contributed by atoms with E-state index in [1.807, 2.05) is 0 Å². The second-order valence-corrected chi connectivity index (χ2v) is 6.63. The van der Waals surface area contributed by atoms with Gasteiger partial charge >= 0.3 is 0 Å². The maximum atomic E-state index is 11.3. The van der Waals surface area contributed by atoms with Crippen LogP contribution < -0.4 is 0 Å². The van der Waals surface area contributed by atoms with Crippen LogP contribution in [0.3, 0.4) is 0 Å². The van der Waals surface area contributed by atoms with E-state index in [9.17, 15) is 8.42 Å². The molecule has 5 heteroatoms. The van der Waals surface area contributed by atoms with Crippen molar-refractivity contribution in [2.24, 2.45) is 5.92 Å². The summed E-state index contributed by atoms with van der Waals surface area (Å²) < 4.78 is 22.5. The molecule has 14 heavy (non-hydrogen) atoms. The molecule has 0 aliphatic carbocycles. The summed E-state index contributed by atoms with van der Waals surface area (Å²) in [6.45, 7) is 4.32. The molecule has 0 bridgehead atoms. The van der Waals surface area contributed by atoms with Crippen LogP contribution in [0.25, 0.3) is 0 Å². The lowest BCUT2D eigenvalue weighted by Crippen LogP contribution is -2.28. The third-order valence-corrected chi connectivity index (χ3v) is 4.87. The van der Waals surface area contributed by atoms with Gasteiger partial charge in [0.05, 0.1) is 5.75 Å². The molecule has 1 saturated heterocycles. The van der Waals surface area contributed by atoms with Gasteiger partial charge in [0.1, 0.15) is 0 Å². The maximum absolute atomic E-state index is 11.3. The molecular formula is C9H18ClNO2S. The van der Waals surface area contributed by atoms with Crippen LogP contribution >= 0.6 is 11.6 Å². The summed E-state index contributed by atoms with van der Waals surface area (Å²) in [4.78, 5) is 2.19. The minimum Gasteiger partial charge on any atom is -0.302 e. The van der Waals surface area contributed by atoms with Gasteiger partial charge in [-0.05, 0) is 18.9 Å². The Kier molecular flexibility index (Phi) is 4.67. The average molecular weight is 240 g/mol. The highest BCUT2D eigenvalue weighted by atomic mass is 35.5. The number of rotatable bonds is 5. The number of nitrogens with zero attached hydrogens (tertiary/aromatic N) is 1. The van der Waals surface area contributed by atoms with E-state index in [0.717, 1.165) is 19.5 Å². The third kappa shape index (κ3) is 3.75. The van der Waals surface area contributed by atoms with Crippen molar-refractivity contribution >= 4 is 21.4 Å². The van der Waals surface area contributed by atoms with Gasteiger partial charge in [-0.15, -0.1) is 11.6 Å². The van der Waals surface area contributed by atoms with Crippen molar-refractivity contribution < 1.29 is 8.42 Å². The summed E-state index contributed by atoms with van der Waals surface area (Å²) in [5.74, 6) is 1.79. The fraction of sp³-hybridized carbons (Fsp3) is 1.00. The van der Waals surface area contributed by atoms with Gasteiger partial charge in [-0.3, -0.25) is 0 Å². The second-order valence-electron chi connectivity index (χ2n) is 3.85. The largest absolute Gasteiger partial charge is 0.302 e. The molecule has 0 N–H and O–H groups in total. The number of likely N-dealkylation sites (tertiary alicyclic amines) is 1. The molecule has 1 unspecified atom stereocenters. The zero-order valence-corrected chi connectivity index (χ0v) is 10.1. The van der Waals surface area contributed by atoms with Crippen LogP contribution in [-0.2, 0) is 9.84 Å². The van der Waals surface area contributed by atoms with E-state index in [-0.39, 0.29) is 5.75 Å². The van der Waals surface area contributed by atoms with Crippen molar-refractivity contribution in [2.75, 3.05) is 37.0 Å². The highest BCUT2D eigenvalue weighted by Crippen LogP contribution is 2.16. The monoisotopic (exact) mass is 239 g/mol. The topological polar surface area (TPSA) is 37.4 Å². The van der Waals surface area contributed by atoms with Gasteiger partial charge in [0.15, 0.2) is 9.84 Å². The summed E-state index contributed by atoms with van der Waals surface area (Å²) in [6.07, 6.45) is 1.11. The molecular weight excluding hydrogens is 222 g/mol. The van der Waals surface area contributed by atoms with Crippen LogP contribution in [-0.4, -0.2) is 50.3 Å². The molecule has 1 aliphatic heterocycles. The van der Waals surface area contributed by atoms with E-state index in [1.54, 1.807) is 6.92 Å². The van der Waals surface area contributed by atoms with E-state index in [2.05, 4.69) is 4.90 Å². The summed E-state index contributed by atoms with van der Waals surface area (Å²) in [7, 11) is -2.81. The normalized spacial score (nSPS) is 24.3. The molecule has 0 spiro atoms. The first-order valence-electron chi connectivity index (χ1n) is 5.06.